The largest absolute Gasteiger partial charge is 0.478 e. The predicted octanol–water partition coefficient (Wildman–Crippen LogP) is 5.46. The quantitative estimate of drug-likeness (QED) is 0.372. The summed E-state index contributed by atoms with van der Waals surface area (Å²) in [6, 6.07) is 17.0. The molecular weight excluding hydrogens is 388 g/mol. The fourth-order valence-electron chi connectivity index (χ4n) is 3.75. The van der Waals surface area contributed by atoms with Crippen molar-refractivity contribution >= 4 is 5.57 Å². The molecule has 0 bridgehead atoms. The molecule has 0 amide bonds. The van der Waals surface area contributed by atoms with Crippen molar-refractivity contribution in [2.75, 3.05) is 13.2 Å². The van der Waals surface area contributed by atoms with Gasteiger partial charge < -0.3 is 20.1 Å². The van der Waals surface area contributed by atoms with Crippen molar-refractivity contribution in [3.63, 3.8) is 0 Å². The van der Waals surface area contributed by atoms with E-state index in [1.165, 1.54) is 5.57 Å². The van der Waals surface area contributed by atoms with Gasteiger partial charge in [-0.3, -0.25) is 0 Å². The van der Waals surface area contributed by atoms with Crippen molar-refractivity contribution in [1.82, 2.24) is 0 Å². The van der Waals surface area contributed by atoms with E-state index >= 15 is 0 Å². The summed E-state index contributed by atoms with van der Waals surface area (Å²) in [7, 11) is 0. The molecule has 0 aliphatic carbocycles. The molecular formula is C27H38O4. The van der Waals surface area contributed by atoms with E-state index in [-0.39, 0.29) is 13.2 Å². The number of ether oxygens (including phenoxy) is 1. The van der Waals surface area contributed by atoms with Gasteiger partial charge in [0.2, 0.25) is 0 Å². The highest BCUT2D eigenvalue weighted by molar-refractivity contribution is 5.64. The minimum atomic E-state index is -1.17. The highest BCUT2D eigenvalue weighted by Gasteiger charge is 2.33. The van der Waals surface area contributed by atoms with Crippen LogP contribution in [0.1, 0.15) is 70.4 Å². The Morgan fingerprint density at radius 2 is 1.52 bits per heavy atom. The van der Waals surface area contributed by atoms with Gasteiger partial charge in [-0.2, -0.15) is 0 Å². The first-order valence-electron chi connectivity index (χ1n) is 11.4. The number of rotatable bonds is 13. The number of benzene rings is 2. The summed E-state index contributed by atoms with van der Waals surface area (Å²) in [5.41, 5.74) is 1.37. The van der Waals surface area contributed by atoms with Gasteiger partial charge in [-0.1, -0.05) is 68.8 Å². The smallest absolute Gasteiger partial charge is 0.180 e. The second kappa shape index (κ2) is 12.0. The van der Waals surface area contributed by atoms with Crippen LogP contribution in [0.2, 0.25) is 0 Å². The Hall–Kier alpha value is -2.14. The van der Waals surface area contributed by atoms with Gasteiger partial charge in [-0.05, 0) is 62.3 Å². The van der Waals surface area contributed by atoms with Crippen LogP contribution in [0, 0.1) is 0 Å². The maximum Gasteiger partial charge on any atom is 0.180 e. The summed E-state index contributed by atoms with van der Waals surface area (Å²) < 4.78 is 6.04. The monoisotopic (exact) mass is 426 g/mol. The van der Waals surface area contributed by atoms with Crippen molar-refractivity contribution in [1.29, 1.82) is 0 Å². The standard InChI is InChI=1S/C27H38O4/c1-4-26(30,5-2)19-11-7-8-12-22(3)23-15-17-25(18-16-23)31-27(20-28,21-29)24-13-9-6-10-14-24/h6,9-10,12-18,28-30H,4-5,7-8,11,19-21H2,1-3H3/b22-12+. The lowest BCUT2D eigenvalue weighted by atomic mass is 9.91. The van der Waals surface area contributed by atoms with E-state index in [0.29, 0.717) is 5.75 Å². The second-order valence-corrected chi connectivity index (χ2v) is 8.37. The number of aliphatic hydroxyl groups is 3. The molecule has 0 aliphatic heterocycles. The van der Waals surface area contributed by atoms with Crippen LogP contribution in [-0.4, -0.2) is 34.1 Å². The number of allylic oxidation sites excluding steroid dienone is 2. The summed E-state index contributed by atoms with van der Waals surface area (Å²) in [4.78, 5) is 0. The molecule has 0 aromatic heterocycles. The minimum Gasteiger partial charge on any atom is -0.478 e. The van der Waals surface area contributed by atoms with E-state index in [4.69, 9.17) is 4.74 Å². The van der Waals surface area contributed by atoms with Crippen molar-refractivity contribution in [3.8, 4) is 5.75 Å². The Kier molecular flexibility index (Phi) is 9.76. The fraction of sp³-hybridized carbons (Fsp3) is 0.481. The van der Waals surface area contributed by atoms with Crippen LogP contribution in [0.15, 0.2) is 60.7 Å². The summed E-state index contributed by atoms with van der Waals surface area (Å²) in [6.45, 7) is 5.55. The van der Waals surface area contributed by atoms with Crippen LogP contribution in [0.25, 0.3) is 5.57 Å². The van der Waals surface area contributed by atoms with Crippen LogP contribution in [0.5, 0.6) is 5.75 Å². The van der Waals surface area contributed by atoms with E-state index in [0.717, 1.165) is 49.7 Å². The first-order chi connectivity index (χ1) is 14.9. The Labute approximate surface area is 187 Å². The first-order valence-corrected chi connectivity index (χ1v) is 11.4. The van der Waals surface area contributed by atoms with Crippen molar-refractivity contribution < 1.29 is 20.1 Å². The van der Waals surface area contributed by atoms with Crippen LogP contribution in [0.4, 0.5) is 0 Å². The molecule has 4 heteroatoms. The van der Waals surface area contributed by atoms with Gasteiger partial charge in [0.05, 0.1) is 18.8 Å². The molecule has 0 saturated heterocycles. The highest BCUT2D eigenvalue weighted by atomic mass is 16.5. The molecule has 0 heterocycles. The molecule has 0 spiro atoms. The molecule has 0 atom stereocenters. The fourth-order valence-corrected chi connectivity index (χ4v) is 3.75. The van der Waals surface area contributed by atoms with E-state index in [9.17, 15) is 15.3 Å². The third-order valence-corrected chi connectivity index (χ3v) is 6.30. The van der Waals surface area contributed by atoms with Crippen LogP contribution in [0.3, 0.4) is 0 Å². The molecule has 3 N–H and O–H groups in total. The van der Waals surface area contributed by atoms with Gasteiger partial charge in [0.1, 0.15) is 5.75 Å². The summed E-state index contributed by atoms with van der Waals surface area (Å²) in [5, 5.41) is 30.3. The number of hydrogen-bond donors (Lipinski definition) is 3. The molecule has 0 aliphatic rings. The van der Waals surface area contributed by atoms with Gasteiger partial charge in [0.25, 0.3) is 0 Å². The van der Waals surface area contributed by atoms with Crippen LogP contribution >= 0.6 is 0 Å². The number of hydrogen-bond acceptors (Lipinski definition) is 4. The van der Waals surface area contributed by atoms with Gasteiger partial charge in [-0.25, -0.2) is 0 Å². The lowest BCUT2D eigenvalue weighted by Gasteiger charge is -2.31. The SMILES string of the molecule is CCC(O)(CC)CCCC/C=C(\C)c1ccc(OC(CO)(CO)c2ccccc2)cc1. The Balaban J connectivity index is 1.96. The highest BCUT2D eigenvalue weighted by Crippen LogP contribution is 2.29. The number of aliphatic hydroxyl groups excluding tert-OH is 2. The first kappa shape index (κ1) is 25.1. The summed E-state index contributed by atoms with van der Waals surface area (Å²) in [6.07, 6.45) is 7.79. The van der Waals surface area contributed by atoms with Crippen molar-refractivity contribution in [2.24, 2.45) is 0 Å². The zero-order valence-electron chi connectivity index (χ0n) is 19.2. The van der Waals surface area contributed by atoms with Gasteiger partial charge in [0.15, 0.2) is 5.60 Å². The van der Waals surface area contributed by atoms with Crippen molar-refractivity contribution in [3.05, 3.63) is 71.8 Å². The normalized spacial score (nSPS) is 12.8. The average molecular weight is 427 g/mol. The Morgan fingerprint density at radius 3 is 2.06 bits per heavy atom. The van der Waals surface area contributed by atoms with Crippen molar-refractivity contribution in [2.45, 2.75) is 70.5 Å². The third kappa shape index (κ3) is 6.93. The molecule has 2 aromatic rings. The van der Waals surface area contributed by atoms with Crippen LogP contribution < -0.4 is 4.74 Å². The molecule has 0 unspecified atom stereocenters. The van der Waals surface area contributed by atoms with Gasteiger partial charge in [0, 0.05) is 5.56 Å². The average Bonchev–Trinajstić information content (AvgIpc) is 2.83. The summed E-state index contributed by atoms with van der Waals surface area (Å²) in [5.74, 6) is 0.599. The molecule has 0 fully saturated rings. The molecule has 2 rings (SSSR count). The Bertz CT molecular complexity index is 788. The lowest BCUT2D eigenvalue weighted by Crippen LogP contribution is -2.41. The van der Waals surface area contributed by atoms with Gasteiger partial charge in [-0.15, -0.1) is 0 Å². The zero-order valence-corrected chi connectivity index (χ0v) is 19.2. The predicted molar refractivity (Wildman–Crippen MR) is 127 cm³/mol. The van der Waals surface area contributed by atoms with E-state index < -0.39 is 11.2 Å². The van der Waals surface area contributed by atoms with Crippen LogP contribution in [-0.2, 0) is 5.60 Å². The molecule has 4 nitrogen and oxygen atoms in total. The second-order valence-electron chi connectivity index (χ2n) is 8.37. The molecule has 0 saturated carbocycles. The minimum absolute atomic E-state index is 0.320. The van der Waals surface area contributed by atoms with Gasteiger partial charge >= 0.3 is 0 Å². The molecule has 31 heavy (non-hydrogen) atoms. The zero-order chi connectivity index (χ0) is 22.7. The maximum atomic E-state index is 10.4. The lowest BCUT2D eigenvalue weighted by molar-refractivity contribution is -0.0385. The maximum absolute atomic E-state index is 10.4. The third-order valence-electron chi connectivity index (χ3n) is 6.30. The topological polar surface area (TPSA) is 69.9 Å². The molecule has 0 radical (unpaired) electrons. The van der Waals surface area contributed by atoms with E-state index in [2.05, 4.69) is 13.0 Å². The van der Waals surface area contributed by atoms with E-state index in [1.807, 2.05) is 68.4 Å². The molecule has 2 aromatic carbocycles. The Morgan fingerprint density at radius 1 is 0.903 bits per heavy atom. The summed E-state index contributed by atoms with van der Waals surface area (Å²) >= 11 is 0. The van der Waals surface area contributed by atoms with E-state index in [1.54, 1.807) is 0 Å². The molecule has 170 valence electrons. The number of unbranched alkanes of at least 4 members (excludes halogenated alkanes) is 2.